The molecular formula is C21H23N7O3S2. The van der Waals surface area contributed by atoms with Crippen LogP contribution in [0.1, 0.15) is 19.7 Å². The van der Waals surface area contributed by atoms with E-state index in [9.17, 15) is 8.42 Å². The van der Waals surface area contributed by atoms with E-state index in [0.717, 1.165) is 5.56 Å². The maximum atomic E-state index is 12.9. The van der Waals surface area contributed by atoms with Crippen LogP contribution in [0.2, 0.25) is 0 Å². The molecule has 10 nitrogen and oxygen atoms in total. The SMILES string of the molecule is CCN(CC)S(=O)(=O)c1cccc(-c2nnc(SCc3nnc(-c4ccccc4)o3)n2N)c1. The third kappa shape index (κ3) is 4.77. The Morgan fingerprint density at radius 2 is 1.70 bits per heavy atom. The first-order valence-electron chi connectivity index (χ1n) is 10.3. The van der Waals surface area contributed by atoms with E-state index in [2.05, 4.69) is 20.4 Å². The monoisotopic (exact) mass is 485 g/mol. The highest BCUT2D eigenvalue weighted by Crippen LogP contribution is 2.27. The number of nitrogen functional groups attached to an aromatic ring is 1. The molecule has 0 unspecified atom stereocenters. The summed E-state index contributed by atoms with van der Waals surface area (Å²) in [5.74, 6) is 7.78. The average Bonchev–Trinajstić information content (AvgIpc) is 3.46. The third-order valence-electron chi connectivity index (χ3n) is 4.91. The van der Waals surface area contributed by atoms with E-state index in [1.165, 1.54) is 20.7 Å². The lowest BCUT2D eigenvalue weighted by Gasteiger charge is -2.18. The van der Waals surface area contributed by atoms with Gasteiger partial charge in [0, 0.05) is 24.2 Å². The van der Waals surface area contributed by atoms with E-state index in [-0.39, 0.29) is 4.90 Å². The number of nitrogens with two attached hydrogens (primary N) is 1. The minimum Gasteiger partial charge on any atom is -0.420 e. The van der Waals surface area contributed by atoms with E-state index < -0.39 is 10.0 Å². The Bertz CT molecular complexity index is 1330. The molecule has 0 amide bonds. The Kier molecular flexibility index (Phi) is 6.77. The van der Waals surface area contributed by atoms with Crippen molar-refractivity contribution in [2.45, 2.75) is 29.7 Å². The van der Waals surface area contributed by atoms with Crippen molar-refractivity contribution in [3.05, 3.63) is 60.5 Å². The highest BCUT2D eigenvalue weighted by atomic mass is 32.2. The summed E-state index contributed by atoms with van der Waals surface area (Å²) in [5, 5.41) is 16.9. The van der Waals surface area contributed by atoms with Crippen molar-refractivity contribution in [2.24, 2.45) is 0 Å². The Labute approximate surface area is 195 Å². The zero-order valence-corrected chi connectivity index (χ0v) is 19.8. The summed E-state index contributed by atoms with van der Waals surface area (Å²) in [5.41, 5.74) is 1.39. The zero-order chi connectivity index (χ0) is 23.4. The number of hydrogen-bond acceptors (Lipinski definition) is 9. The maximum absolute atomic E-state index is 12.9. The topological polar surface area (TPSA) is 133 Å². The molecule has 0 radical (unpaired) electrons. The minimum absolute atomic E-state index is 0.181. The molecule has 2 heterocycles. The van der Waals surface area contributed by atoms with Gasteiger partial charge in [0.05, 0.1) is 10.6 Å². The fourth-order valence-electron chi connectivity index (χ4n) is 3.22. The molecule has 2 aromatic carbocycles. The standard InChI is InChI=1S/C21H23N7O3S2/c1-3-27(4-2)33(29,30)17-12-8-11-16(13-17)19-24-26-21(28(19)22)32-14-18-23-25-20(31-18)15-9-6-5-7-10-15/h5-13H,3-4,14,22H2,1-2H3. The molecule has 0 aliphatic heterocycles. The lowest BCUT2D eigenvalue weighted by atomic mass is 10.2. The van der Waals surface area contributed by atoms with Gasteiger partial charge in [-0.2, -0.15) is 4.31 Å². The molecule has 2 aromatic heterocycles. The smallest absolute Gasteiger partial charge is 0.247 e. The second kappa shape index (κ2) is 9.73. The molecule has 0 saturated carbocycles. The predicted octanol–water partition coefficient (Wildman–Crippen LogP) is 3.03. The predicted molar refractivity (Wildman–Crippen MR) is 125 cm³/mol. The Balaban J connectivity index is 1.51. The molecule has 0 spiro atoms. The molecule has 12 heteroatoms. The molecule has 0 aliphatic carbocycles. The molecule has 2 N–H and O–H groups in total. The zero-order valence-electron chi connectivity index (χ0n) is 18.1. The van der Waals surface area contributed by atoms with Crippen LogP contribution in [-0.4, -0.2) is 50.9 Å². The largest absolute Gasteiger partial charge is 0.420 e. The molecule has 0 fully saturated rings. The molecule has 0 atom stereocenters. The fraction of sp³-hybridized carbons (Fsp3) is 0.238. The highest BCUT2D eigenvalue weighted by molar-refractivity contribution is 7.98. The normalized spacial score (nSPS) is 11.8. The van der Waals surface area contributed by atoms with Crippen LogP contribution in [0.3, 0.4) is 0 Å². The van der Waals surface area contributed by atoms with Crippen LogP contribution >= 0.6 is 11.8 Å². The van der Waals surface area contributed by atoms with Crippen molar-refractivity contribution in [1.29, 1.82) is 0 Å². The first kappa shape index (κ1) is 23.0. The van der Waals surface area contributed by atoms with Gasteiger partial charge in [-0.25, -0.2) is 13.1 Å². The van der Waals surface area contributed by atoms with Crippen LogP contribution in [0.5, 0.6) is 0 Å². The molecule has 0 saturated heterocycles. The van der Waals surface area contributed by atoms with Gasteiger partial charge in [0.25, 0.3) is 0 Å². The van der Waals surface area contributed by atoms with Crippen molar-refractivity contribution in [1.82, 2.24) is 29.4 Å². The van der Waals surface area contributed by atoms with Crippen LogP contribution < -0.4 is 5.84 Å². The molecule has 0 bridgehead atoms. The molecule has 4 rings (SSSR count). The lowest BCUT2D eigenvalue weighted by molar-refractivity contribution is 0.445. The number of benzene rings is 2. The quantitative estimate of drug-likeness (QED) is 0.280. The number of aromatic nitrogens is 5. The van der Waals surface area contributed by atoms with Gasteiger partial charge >= 0.3 is 0 Å². The summed E-state index contributed by atoms with van der Waals surface area (Å²) in [6.45, 7) is 4.38. The second-order valence-corrected chi connectivity index (χ2v) is 9.83. The van der Waals surface area contributed by atoms with Crippen LogP contribution in [0.4, 0.5) is 0 Å². The van der Waals surface area contributed by atoms with E-state index in [1.54, 1.807) is 38.1 Å². The van der Waals surface area contributed by atoms with Gasteiger partial charge in [0.15, 0.2) is 5.82 Å². The van der Waals surface area contributed by atoms with Gasteiger partial charge in [0.1, 0.15) is 0 Å². The molecule has 172 valence electrons. The third-order valence-corrected chi connectivity index (χ3v) is 7.89. The number of hydrogen-bond donors (Lipinski definition) is 1. The van der Waals surface area contributed by atoms with Crippen LogP contribution in [-0.2, 0) is 15.8 Å². The van der Waals surface area contributed by atoms with Gasteiger partial charge < -0.3 is 10.3 Å². The van der Waals surface area contributed by atoms with Crippen LogP contribution in [0.25, 0.3) is 22.8 Å². The Morgan fingerprint density at radius 1 is 0.970 bits per heavy atom. The summed E-state index contributed by atoms with van der Waals surface area (Å²) in [6.07, 6.45) is 0. The first-order chi connectivity index (χ1) is 15.9. The van der Waals surface area contributed by atoms with Gasteiger partial charge in [-0.3, -0.25) is 0 Å². The van der Waals surface area contributed by atoms with Gasteiger partial charge in [-0.15, -0.1) is 20.4 Å². The van der Waals surface area contributed by atoms with Gasteiger partial charge in [-0.1, -0.05) is 55.9 Å². The lowest BCUT2D eigenvalue weighted by Crippen LogP contribution is -2.30. The fourth-order valence-corrected chi connectivity index (χ4v) is 5.41. The highest BCUT2D eigenvalue weighted by Gasteiger charge is 2.23. The number of sulfonamides is 1. The summed E-state index contributed by atoms with van der Waals surface area (Å²) < 4.78 is 34.1. The number of rotatable bonds is 9. The number of nitrogens with zero attached hydrogens (tertiary/aromatic N) is 6. The summed E-state index contributed by atoms with van der Waals surface area (Å²) in [7, 11) is -3.60. The van der Waals surface area contributed by atoms with Gasteiger partial charge in [0.2, 0.25) is 27.0 Å². The van der Waals surface area contributed by atoms with Crippen molar-refractivity contribution >= 4 is 21.8 Å². The van der Waals surface area contributed by atoms with Crippen molar-refractivity contribution in [3.8, 4) is 22.8 Å². The van der Waals surface area contributed by atoms with Crippen LogP contribution in [0.15, 0.2) is 69.1 Å². The van der Waals surface area contributed by atoms with E-state index >= 15 is 0 Å². The second-order valence-electron chi connectivity index (χ2n) is 6.95. The molecular weight excluding hydrogens is 462 g/mol. The first-order valence-corrected chi connectivity index (χ1v) is 12.7. The maximum Gasteiger partial charge on any atom is 0.247 e. The van der Waals surface area contributed by atoms with Gasteiger partial charge in [-0.05, 0) is 24.3 Å². The van der Waals surface area contributed by atoms with Crippen molar-refractivity contribution < 1.29 is 12.8 Å². The minimum atomic E-state index is -3.60. The van der Waals surface area contributed by atoms with Crippen molar-refractivity contribution in [2.75, 3.05) is 18.9 Å². The van der Waals surface area contributed by atoms with E-state index in [0.29, 0.717) is 47.2 Å². The molecule has 0 aliphatic rings. The summed E-state index contributed by atoms with van der Waals surface area (Å²) in [4.78, 5) is 0.181. The van der Waals surface area contributed by atoms with Crippen molar-refractivity contribution in [3.63, 3.8) is 0 Å². The molecule has 4 aromatic rings. The van der Waals surface area contributed by atoms with E-state index in [4.69, 9.17) is 10.3 Å². The summed E-state index contributed by atoms with van der Waals surface area (Å²) >= 11 is 1.29. The molecule has 33 heavy (non-hydrogen) atoms. The number of thioether (sulfide) groups is 1. The Hall–Kier alpha value is -3.22. The Morgan fingerprint density at radius 3 is 2.42 bits per heavy atom. The summed E-state index contributed by atoms with van der Waals surface area (Å²) in [6, 6.07) is 16.0. The van der Waals surface area contributed by atoms with Crippen LogP contribution in [0, 0.1) is 0 Å². The van der Waals surface area contributed by atoms with E-state index in [1.807, 2.05) is 30.3 Å². The average molecular weight is 486 g/mol.